The average molecular weight is 142 g/mol. The van der Waals surface area contributed by atoms with E-state index in [1.165, 1.54) is 0 Å². The van der Waals surface area contributed by atoms with Gasteiger partial charge >= 0.3 is 0 Å². The van der Waals surface area contributed by atoms with Crippen molar-refractivity contribution in [3.8, 4) is 5.88 Å². The molecule has 0 saturated heterocycles. The quantitative estimate of drug-likeness (QED) is 0.593. The van der Waals surface area contributed by atoms with Gasteiger partial charge in [0, 0.05) is 19.3 Å². The second-order valence-electron chi connectivity index (χ2n) is 1.53. The van der Waals surface area contributed by atoms with Crippen LogP contribution in [-0.2, 0) is 7.05 Å². The van der Waals surface area contributed by atoms with Crippen LogP contribution in [0.5, 0.6) is 5.88 Å². The smallest absolute Gasteiger partial charge is 0.232 e. The van der Waals surface area contributed by atoms with Gasteiger partial charge in [0.05, 0.1) is 7.11 Å². The summed E-state index contributed by atoms with van der Waals surface area (Å²) < 4.78 is 6.50. The van der Waals surface area contributed by atoms with Gasteiger partial charge < -0.3 is 4.74 Å². The summed E-state index contributed by atoms with van der Waals surface area (Å²) in [4.78, 5) is 0. The minimum Gasteiger partial charge on any atom is -0.480 e. The zero-order valence-electron chi connectivity index (χ0n) is 6.96. The molecule has 0 aliphatic carbocycles. The first-order chi connectivity index (χ1) is 4.83. The fourth-order valence-electron chi connectivity index (χ4n) is 0.503. The van der Waals surface area contributed by atoms with Gasteiger partial charge in [0.15, 0.2) is 0 Å². The molecule has 1 aromatic rings. The first-order valence-electron chi connectivity index (χ1n) is 3.36. The van der Waals surface area contributed by atoms with Gasteiger partial charge in [-0.05, 0) is 0 Å². The van der Waals surface area contributed by atoms with Crippen LogP contribution in [0.2, 0.25) is 0 Å². The van der Waals surface area contributed by atoms with Gasteiger partial charge in [-0.2, -0.15) is 0 Å². The zero-order valence-corrected chi connectivity index (χ0v) is 6.96. The van der Waals surface area contributed by atoms with Crippen LogP contribution >= 0.6 is 0 Å². The molecule has 0 fully saturated rings. The minimum atomic E-state index is 0.660. The maximum Gasteiger partial charge on any atom is 0.232 e. The number of hydrogen-bond acceptors (Lipinski definition) is 2. The summed E-state index contributed by atoms with van der Waals surface area (Å²) in [5, 5.41) is 3.92. The number of nitrogens with zero attached hydrogens (tertiary/aromatic N) is 2. The van der Waals surface area contributed by atoms with Crippen LogP contribution in [0.1, 0.15) is 13.8 Å². The van der Waals surface area contributed by atoms with Gasteiger partial charge in [0.25, 0.3) is 0 Å². The van der Waals surface area contributed by atoms with E-state index in [0.717, 1.165) is 0 Å². The van der Waals surface area contributed by atoms with E-state index < -0.39 is 0 Å². The zero-order chi connectivity index (χ0) is 7.98. The Balaban J connectivity index is 0.000000371. The Kier molecular flexibility index (Phi) is 4.37. The average Bonchev–Trinajstić information content (AvgIpc) is 2.40. The van der Waals surface area contributed by atoms with Crippen LogP contribution in [-0.4, -0.2) is 16.9 Å². The van der Waals surface area contributed by atoms with Crippen LogP contribution in [0.4, 0.5) is 0 Å². The molecule has 0 unspecified atom stereocenters. The molecule has 0 amide bonds. The molecule has 10 heavy (non-hydrogen) atoms. The fraction of sp³-hybridized carbons (Fsp3) is 0.571. The van der Waals surface area contributed by atoms with Crippen LogP contribution in [0.3, 0.4) is 0 Å². The number of aryl methyl sites for hydroxylation is 1. The van der Waals surface area contributed by atoms with Crippen LogP contribution in [0, 0.1) is 0 Å². The van der Waals surface area contributed by atoms with Crippen molar-refractivity contribution in [3.05, 3.63) is 12.3 Å². The Labute approximate surface area is 61.6 Å². The van der Waals surface area contributed by atoms with E-state index in [0.29, 0.717) is 5.88 Å². The summed E-state index contributed by atoms with van der Waals surface area (Å²) in [5.74, 6) is 0.660. The summed E-state index contributed by atoms with van der Waals surface area (Å²) >= 11 is 0. The van der Waals surface area contributed by atoms with Gasteiger partial charge in [0.2, 0.25) is 5.88 Å². The molecule has 0 aliphatic heterocycles. The van der Waals surface area contributed by atoms with E-state index in [4.69, 9.17) is 4.74 Å². The fourth-order valence-corrected chi connectivity index (χ4v) is 0.503. The Bertz CT molecular complexity index is 172. The van der Waals surface area contributed by atoms with Crippen molar-refractivity contribution in [3.63, 3.8) is 0 Å². The van der Waals surface area contributed by atoms with Gasteiger partial charge in [-0.1, -0.05) is 13.8 Å². The molecule has 0 spiro atoms. The number of ether oxygens (including phenoxy) is 1. The molecule has 0 saturated carbocycles. The van der Waals surface area contributed by atoms with E-state index in [-0.39, 0.29) is 0 Å². The predicted octanol–water partition coefficient (Wildman–Crippen LogP) is 1.45. The molecule has 58 valence electrons. The second kappa shape index (κ2) is 4.85. The highest BCUT2D eigenvalue weighted by Gasteiger charge is 1.89. The third-order valence-electron chi connectivity index (χ3n) is 0.898. The molecule has 3 nitrogen and oxygen atoms in total. The molecule has 0 aromatic carbocycles. The van der Waals surface area contributed by atoms with Crippen LogP contribution in [0.25, 0.3) is 0 Å². The second-order valence-corrected chi connectivity index (χ2v) is 1.53. The summed E-state index contributed by atoms with van der Waals surface area (Å²) in [6, 6.07) is 1.81. The third-order valence-corrected chi connectivity index (χ3v) is 0.898. The van der Waals surface area contributed by atoms with E-state index in [1.807, 2.05) is 27.1 Å². The van der Waals surface area contributed by atoms with E-state index in [1.54, 1.807) is 17.9 Å². The highest BCUT2D eigenvalue weighted by molar-refractivity contribution is 5.04. The van der Waals surface area contributed by atoms with E-state index in [9.17, 15) is 0 Å². The van der Waals surface area contributed by atoms with E-state index >= 15 is 0 Å². The summed E-state index contributed by atoms with van der Waals surface area (Å²) in [7, 11) is 3.45. The maximum absolute atomic E-state index is 4.80. The number of rotatable bonds is 1. The minimum absolute atomic E-state index is 0.660. The van der Waals surface area contributed by atoms with Crippen molar-refractivity contribution in [2.45, 2.75) is 13.8 Å². The van der Waals surface area contributed by atoms with Crippen molar-refractivity contribution in [1.29, 1.82) is 0 Å². The first-order valence-corrected chi connectivity index (χ1v) is 3.36. The van der Waals surface area contributed by atoms with Gasteiger partial charge in [-0.15, -0.1) is 5.10 Å². The Hall–Kier alpha value is -0.990. The van der Waals surface area contributed by atoms with Crippen molar-refractivity contribution in [2.75, 3.05) is 7.11 Å². The molecule has 0 bridgehead atoms. The predicted molar refractivity (Wildman–Crippen MR) is 41.1 cm³/mol. The standard InChI is InChI=1S/C5H8N2O.C2H6/c1-7-4-3-5(6-7)8-2;1-2/h3-4H,1-2H3;1-2H3. The topological polar surface area (TPSA) is 27.1 Å². The largest absolute Gasteiger partial charge is 0.480 e. The lowest BCUT2D eigenvalue weighted by Crippen LogP contribution is -1.88. The van der Waals surface area contributed by atoms with Crippen LogP contribution in [0.15, 0.2) is 12.3 Å². The third kappa shape index (κ3) is 2.53. The van der Waals surface area contributed by atoms with Gasteiger partial charge in [-0.25, -0.2) is 0 Å². The van der Waals surface area contributed by atoms with E-state index in [2.05, 4.69) is 5.10 Å². The molecule has 3 heteroatoms. The molecule has 1 rings (SSSR count). The molecular formula is C7H14N2O. The highest BCUT2D eigenvalue weighted by Crippen LogP contribution is 2.00. The SMILES string of the molecule is CC.COc1ccn(C)n1. The molecule has 0 atom stereocenters. The lowest BCUT2D eigenvalue weighted by atomic mass is 10.7. The van der Waals surface area contributed by atoms with Gasteiger partial charge in [0.1, 0.15) is 0 Å². The van der Waals surface area contributed by atoms with Crippen molar-refractivity contribution < 1.29 is 4.74 Å². The van der Waals surface area contributed by atoms with Crippen molar-refractivity contribution >= 4 is 0 Å². The molecule has 0 aliphatic rings. The molecule has 1 heterocycles. The summed E-state index contributed by atoms with van der Waals surface area (Å²) in [6.45, 7) is 4.00. The molecule has 0 N–H and O–H groups in total. The Morgan fingerprint density at radius 1 is 1.50 bits per heavy atom. The normalized spacial score (nSPS) is 8.00. The highest BCUT2D eigenvalue weighted by atomic mass is 16.5. The Morgan fingerprint density at radius 2 is 2.10 bits per heavy atom. The lowest BCUT2D eigenvalue weighted by Gasteiger charge is -1.87. The first kappa shape index (κ1) is 9.01. The number of hydrogen-bond donors (Lipinski definition) is 0. The molecular weight excluding hydrogens is 128 g/mol. The molecule has 0 radical (unpaired) electrons. The number of aromatic nitrogens is 2. The Morgan fingerprint density at radius 3 is 2.30 bits per heavy atom. The number of methoxy groups -OCH3 is 1. The monoisotopic (exact) mass is 142 g/mol. The van der Waals surface area contributed by atoms with Crippen LogP contribution < -0.4 is 4.74 Å². The van der Waals surface area contributed by atoms with Crippen molar-refractivity contribution in [2.24, 2.45) is 7.05 Å². The summed E-state index contributed by atoms with van der Waals surface area (Å²) in [5.41, 5.74) is 0. The lowest BCUT2D eigenvalue weighted by molar-refractivity contribution is 0.392. The van der Waals surface area contributed by atoms with Crippen molar-refractivity contribution in [1.82, 2.24) is 9.78 Å². The summed E-state index contributed by atoms with van der Waals surface area (Å²) in [6.07, 6.45) is 1.83. The molecule has 1 aromatic heterocycles. The maximum atomic E-state index is 4.80. The van der Waals surface area contributed by atoms with Gasteiger partial charge in [-0.3, -0.25) is 4.68 Å².